The molecule has 88 valence electrons. The molecule has 1 aromatic heterocycles. The zero-order valence-corrected chi connectivity index (χ0v) is 10.9. The van der Waals surface area contributed by atoms with Gasteiger partial charge in [0.25, 0.3) is 0 Å². The highest BCUT2D eigenvalue weighted by Crippen LogP contribution is 2.12. The number of nitrogens with zero attached hydrogens (tertiary/aromatic N) is 3. The first-order valence-corrected chi connectivity index (χ1v) is 6.12. The van der Waals surface area contributed by atoms with Gasteiger partial charge in [-0.1, -0.05) is 6.07 Å². The summed E-state index contributed by atoms with van der Waals surface area (Å²) in [6.07, 6.45) is 3.25. The van der Waals surface area contributed by atoms with Gasteiger partial charge in [0, 0.05) is 13.2 Å². The molecule has 0 saturated carbocycles. The van der Waals surface area contributed by atoms with Gasteiger partial charge in [0.15, 0.2) is 0 Å². The molecule has 0 unspecified atom stereocenters. The lowest BCUT2D eigenvalue weighted by atomic mass is 10.3. The largest absolute Gasteiger partial charge is 0.320 e. The van der Waals surface area contributed by atoms with Gasteiger partial charge < -0.3 is 4.90 Å². The van der Waals surface area contributed by atoms with E-state index < -0.39 is 11.0 Å². The Bertz CT molecular complexity index is 384. The Hall–Kier alpha value is -1.23. The van der Waals surface area contributed by atoms with Crippen molar-refractivity contribution < 1.29 is 4.21 Å². The van der Waals surface area contributed by atoms with Gasteiger partial charge in [-0.15, -0.1) is 0 Å². The first-order valence-electron chi connectivity index (χ1n) is 5.01. The van der Waals surface area contributed by atoms with Crippen LogP contribution in [0.25, 0.3) is 0 Å². The Morgan fingerprint density at radius 1 is 1.44 bits per heavy atom. The van der Waals surface area contributed by atoms with E-state index >= 15 is 0 Å². The Morgan fingerprint density at radius 2 is 2.12 bits per heavy atom. The summed E-state index contributed by atoms with van der Waals surface area (Å²) in [5, 5.41) is 0. The van der Waals surface area contributed by atoms with Crippen LogP contribution in [-0.2, 0) is 11.0 Å². The normalized spacial score (nSPS) is 14.0. The zero-order valence-electron chi connectivity index (χ0n) is 10.0. The number of pyridine rings is 1. The zero-order chi connectivity index (χ0) is 12.2. The summed E-state index contributed by atoms with van der Waals surface area (Å²) < 4.78 is 15.3. The Kier molecular flexibility index (Phi) is 4.18. The van der Waals surface area contributed by atoms with Gasteiger partial charge in [0.1, 0.15) is 23.1 Å². The van der Waals surface area contributed by atoms with Crippen molar-refractivity contribution in [1.29, 1.82) is 0 Å². The van der Waals surface area contributed by atoms with E-state index in [1.807, 2.05) is 46.0 Å². The molecular formula is C11H17N3OS. The van der Waals surface area contributed by atoms with Crippen LogP contribution in [0.3, 0.4) is 0 Å². The Morgan fingerprint density at radius 3 is 2.62 bits per heavy atom. The first kappa shape index (κ1) is 12.8. The molecule has 0 aliphatic carbocycles. The van der Waals surface area contributed by atoms with Crippen LogP contribution in [0.15, 0.2) is 28.8 Å². The van der Waals surface area contributed by atoms with Gasteiger partial charge in [0.2, 0.25) is 0 Å². The number of hydrogen-bond acceptors (Lipinski definition) is 2. The second-order valence-electron chi connectivity index (χ2n) is 4.38. The van der Waals surface area contributed by atoms with Crippen LogP contribution >= 0.6 is 0 Å². The van der Waals surface area contributed by atoms with Crippen LogP contribution in [0.4, 0.5) is 5.82 Å². The van der Waals surface area contributed by atoms with Crippen molar-refractivity contribution in [2.75, 3.05) is 11.9 Å². The van der Waals surface area contributed by atoms with Crippen LogP contribution in [0.5, 0.6) is 0 Å². The molecule has 1 aromatic rings. The summed E-state index contributed by atoms with van der Waals surface area (Å²) in [5.74, 6) is 0.775. The molecule has 0 radical (unpaired) electrons. The summed E-state index contributed by atoms with van der Waals surface area (Å²) in [6, 6.07) is 5.61. The van der Waals surface area contributed by atoms with Gasteiger partial charge in [-0.2, -0.15) is 4.40 Å². The summed E-state index contributed by atoms with van der Waals surface area (Å²) in [7, 11) is 0.593. The molecule has 1 rings (SSSR count). The van der Waals surface area contributed by atoms with E-state index in [0.717, 1.165) is 5.82 Å². The fourth-order valence-corrected chi connectivity index (χ4v) is 1.44. The summed E-state index contributed by atoms with van der Waals surface area (Å²) in [4.78, 5) is 5.89. The predicted molar refractivity (Wildman–Crippen MR) is 69.0 cm³/mol. The van der Waals surface area contributed by atoms with Crippen molar-refractivity contribution in [3.63, 3.8) is 0 Å². The SMILES string of the molecule is CN(/C=N/[S@](=O)C(C)(C)C)c1ccccn1. The smallest absolute Gasteiger partial charge is 0.146 e. The van der Waals surface area contributed by atoms with Crippen molar-refractivity contribution in [3.8, 4) is 0 Å². The maximum Gasteiger partial charge on any atom is 0.146 e. The van der Waals surface area contributed by atoms with Crippen molar-refractivity contribution in [2.24, 2.45) is 4.40 Å². The van der Waals surface area contributed by atoms with Gasteiger partial charge in [0.05, 0.1) is 4.75 Å². The maximum absolute atomic E-state index is 11.7. The van der Waals surface area contributed by atoms with E-state index in [1.54, 1.807) is 17.4 Å². The summed E-state index contributed by atoms with van der Waals surface area (Å²) in [6.45, 7) is 5.67. The third-order valence-electron chi connectivity index (χ3n) is 1.85. The molecule has 4 nitrogen and oxygen atoms in total. The minimum absolute atomic E-state index is 0.332. The molecule has 1 heterocycles. The van der Waals surface area contributed by atoms with E-state index in [0.29, 0.717) is 0 Å². The van der Waals surface area contributed by atoms with Crippen LogP contribution < -0.4 is 4.90 Å². The van der Waals surface area contributed by atoms with Crippen LogP contribution in [0.1, 0.15) is 20.8 Å². The Balaban J connectivity index is 2.69. The summed E-state index contributed by atoms with van der Waals surface area (Å²) >= 11 is 0. The molecule has 0 spiro atoms. The third kappa shape index (κ3) is 3.73. The maximum atomic E-state index is 11.7. The lowest BCUT2D eigenvalue weighted by Gasteiger charge is -2.15. The molecule has 16 heavy (non-hydrogen) atoms. The van der Waals surface area contributed by atoms with E-state index in [1.165, 1.54) is 0 Å². The van der Waals surface area contributed by atoms with Gasteiger partial charge in [-0.3, -0.25) is 0 Å². The number of rotatable bonds is 3. The predicted octanol–water partition coefficient (Wildman–Crippen LogP) is 2.01. The second kappa shape index (κ2) is 5.21. The van der Waals surface area contributed by atoms with Crippen molar-refractivity contribution in [1.82, 2.24) is 4.98 Å². The average Bonchev–Trinajstić information content (AvgIpc) is 2.25. The highest BCUT2D eigenvalue weighted by molar-refractivity contribution is 7.85. The lowest BCUT2D eigenvalue weighted by Crippen LogP contribution is -2.22. The topological polar surface area (TPSA) is 45.6 Å². The number of hydrogen-bond donors (Lipinski definition) is 0. The minimum Gasteiger partial charge on any atom is -0.320 e. The minimum atomic E-state index is -1.23. The first-order chi connectivity index (χ1) is 7.41. The van der Waals surface area contributed by atoms with Gasteiger partial charge in [-0.25, -0.2) is 9.19 Å². The van der Waals surface area contributed by atoms with Crippen LogP contribution in [-0.4, -0.2) is 27.3 Å². The quantitative estimate of drug-likeness (QED) is 0.598. The van der Waals surface area contributed by atoms with Crippen molar-refractivity contribution >= 4 is 23.1 Å². The molecule has 0 aliphatic rings. The van der Waals surface area contributed by atoms with E-state index in [4.69, 9.17) is 0 Å². The summed E-state index contributed by atoms with van der Waals surface area (Å²) in [5.41, 5.74) is 0. The number of aromatic nitrogens is 1. The van der Waals surface area contributed by atoms with Gasteiger partial charge in [-0.05, 0) is 32.9 Å². The standard InChI is InChI=1S/C11H17N3OS/c1-11(2,3)16(15)13-9-14(4)10-7-5-6-8-12-10/h5-9H,1-4H3/b13-9+/t16-/m1/s1. The average molecular weight is 239 g/mol. The molecule has 0 amide bonds. The Labute approximate surface area is 99.0 Å². The molecule has 0 fully saturated rings. The fourth-order valence-electron chi connectivity index (χ4n) is 0.893. The van der Waals surface area contributed by atoms with Crippen LogP contribution in [0, 0.1) is 0 Å². The molecule has 0 saturated heterocycles. The molecule has 0 bridgehead atoms. The second-order valence-corrected chi connectivity index (χ2v) is 6.32. The molecular weight excluding hydrogens is 222 g/mol. The highest BCUT2D eigenvalue weighted by Gasteiger charge is 2.18. The van der Waals surface area contributed by atoms with Crippen molar-refractivity contribution in [3.05, 3.63) is 24.4 Å². The molecule has 0 aromatic carbocycles. The van der Waals surface area contributed by atoms with E-state index in [9.17, 15) is 4.21 Å². The molecule has 0 aliphatic heterocycles. The molecule has 0 N–H and O–H groups in total. The molecule has 1 atom stereocenters. The van der Waals surface area contributed by atoms with Gasteiger partial charge >= 0.3 is 0 Å². The van der Waals surface area contributed by atoms with E-state index in [-0.39, 0.29) is 4.75 Å². The van der Waals surface area contributed by atoms with E-state index in [2.05, 4.69) is 9.38 Å². The van der Waals surface area contributed by atoms with Crippen LogP contribution in [0.2, 0.25) is 0 Å². The third-order valence-corrected chi connectivity index (χ3v) is 3.18. The monoisotopic (exact) mass is 239 g/mol. The van der Waals surface area contributed by atoms with Crippen molar-refractivity contribution in [2.45, 2.75) is 25.5 Å². The fraction of sp³-hybridized carbons (Fsp3) is 0.455. The highest BCUT2D eigenvalue weighted by atomic mass is 32.2. The molecule has 5 heteroatoms. The lowest BCUT2D eigenvalue weighted by molar-refractivity contribution is 0.651. The number of anilines is 1.